The predicted molar refractivity (Wildman–Crippen MR) is 101 cm³/mol. The largest absolute Gasteiger partial charge is 0.366 e. The number of hydrogen-bond donors (Lipinski definition) is 3. The maximum atomic E-state index is 12.1. The van der Waals surface area contributed by atoms with Crippen molar-refractivity contribution in [3.05, 3.63) is 73.7 Å². The Hall–Kier alpha value is -3.22. The molecule has 0 spiro atoms. The van der Waals surface area contributed by atoms with Gasteiger partial charge in [-0.2, -0.15) is 0 Å². The van der Waals surface area contributed by atoms with Crippen LogP contribution >= 0.6 is 0 Å². The van der Waals surface area contributed by atoms with Gasteiger partial charge in [0.05, 0.1) is 0 Å². The molecule has 3 rings (SSSR count). The van der Waals surface area contributed by atoms with E-state index in [1.165, 1.54) is 6.07 Å². The zero-order valence-electron chi connectivity index (χ0n) is 15.0. The van der Waals surface area contributed by atoms with Crippen molar-refractivity contribution in [1.29, 1.82) is 0 Å². The lowest BCUT2D eigenvalue weighted by molar-refractivity contribution is 0.984. The van der Waals surface area contributed by atoms with E-state index in [4.69, 9.17) is 0 Å². The second-order valence-corrected chi connectivity index (χ2v) is 6.17. The highest BCUT2D eigenvalue weighted by Gasteiger charge is 2.07. The van der Waals surface area contributed by atoms with Crippen molar-refractivity contribution in [3.63, 3.8) is 0 Å². The fraction of sp³-hybridized carbons (Fsp3) is 0.263. The van der Waals surface area contributed by atoms with E-state index in [1.54, 1.807) is 12.3 Å². The molecule has 0 aliphatic heterocycles. The lowest BCUT2D eigenvalue weighted by Crippen LogP contribution is -2.18. The van der Waals surface area contributed by atoms with Crippen LogP contribution in [0.2, 0.25) is 0 Å². The van der Waals surface area contributed by atoms with E-state index in [2.05, 4.69) is 25.3 Å². The molecule has 0 bridgehead atoms. The van der Waals surface area contributed by atoms with E-state index < -0.39 is 0 Å². The van der Waals surface area contributed by atoms with Gasteiger partial charge in [-0.3, -0.25) is 9.59 Å². The number of aromatic nitrogens is 4. The normalized spacial score (nSPS) is 10.7. The molecule has 3 heterocycles. The number of anilines is 1. The number of nitrogens with one attached hydrogen (secondary N) is 3. The zero-order valence-corrected chi connectivity index (χ0v) is 15.0. The summed E-state index contributed by atoms with van der Waals surface area (Å²) in [6.07, 6.45) is 2.33. The zero-order chi connectivity index (χ0) is 18.7. The van der Waals surface area contributed by atoms with Crippen molar-refractivity contribution in [1.82, 2.24) is 19.9 Å². The van der Waals surface area contributed by atoms with E-state index in [0.717, 1.165) is 22.5 Å². The summed E-state index contributed by atoms with van der Waals surface area (Å²) in [6, 6.07) is 7.07. The fourth-order valence-corrected chi connectivity index (χ4v) is 2.74. The Morgan fingerprint density at radius 3 is 2.58 bits per heavy atom. The topological polar surface area (TPSA) is 104 Å². The van der Waals surface area contributed by atoms with Gasteiger partial charge in [-0.1, -0.05) is 6.92 Å². The number of rotatable bonds is 5. The van der Waals surface area contributed by atoms with Gasteiger partial charge in [-0.15, -0.1) is 0 Å². The van der Waals surface area contributed by atoms with E-state index in [1.807, 2.05) is 32.9 Å². The third-order valence-electron chi connectivity index (χ3n) is 4.13. The molecule has 0 atom stereocenters. The van der Waals surface area contributed by atoms with Gasteiger partial charge in [-0.25, -0.2) is 9.97 Å². The maximum absolute atomic E-state index is 12.1. The van der Waals surface area contributed by atoms with E-state index >= 15 is 0 Å². The van der Waals surface area contributed by atoms with Crippen molar-refractivity contribution < 1.29 is 0 Å². The molecule has 0 aliphatic rings. The van der Waals surface area contributed by atoms with Crippen molar-refractivity contribution in [3.8, 4) is 11.4 Å². The van der Waals surface area contributed by atoms with Crippen molar-refractivity contribution >= 4 is 5.82 Å². The maximum Gasteiger partial charge on any atom is 0.253 e. The minimum atomic E-state index is -0.178. The first-order valence-corrected chi connectivity index (χ1v) is 8.46. The van der Waals surface area contributed by atoms with Crippen molar-refractivity contribution in [2.45, 2.75) is 33.7 Å². The number of pyridine rings is 2. The van der Waals surface area contributed by atoms with Crippen LogP contribution in [-0.2, 0) is 13.0 Å². The second kappa shape index (κ2) is 7.35. The molecule has 0 aliphatic carbocycles. The molecule has 0 unspecified atom stereocenters. The Morgan fingerprint density at radius 2 is 1.92 bits per heavy atom. The summed E-state index contributed by atoms with van der Waals surface area (Å²) < 4.78 is 0. The Morgan fingerprint density at radius 1 is 1.12 bits per heavy atom. The Balaban J connectivity index is 1.78. The Labute approximate surface area is 150 Å². The fourth-order valence-electron chi connectivity index (χ4n) is 2.74. The molecule has 3 aromatic rings. The van der Waals surface area contributed by atoms with Crippen LogP contribution in [0.5, 0.6) is 0 Å². The summed E-state index contributed by atoms with van der Waals surface area (Å²) in [7, 11) is 0. The van der Waals surface area contributed by atoms with Crippen molar-refractivity contribution in [2.75, 3.05) is 5.32 Å². The lowest BCUT2D eigenvalue weighted by atomic mass is 10.1. The molecule has 7 heteroatoms. The third-order valence-corrected chi connectivity index (χ3v) is 4.13. The molecular formula is C19H21N5O2. The summed E-state index contributed by atoms with van der Waals surface area (Å²) in [4.78, 5) is 38.0. The standard InChI is InChI=1S/C19H21N5O2/c1-4-14-8-17(25)24-18(23-14)13-5-6-16(20-9-13)21-10-15-11(2)7-12(3)22-19(15)26/h5-9H,4,10H2,1-3H3,(H,20,21)(H,22,26)(H,23,24,25). The van der Waals surface area contributed by atoms with Crippen LogP contribution in [-0.4, -0.2) is 19.9 Å². The van der Waals surface area contributed by atoms with Crippen LogP contribution in [0.3, 0.4) is 0 Å². The first kappa shape index (κ1) is 17.6. The molecular weight excluding hydrogens is 330 g/mol. The van der Waals surface area contributed by atoms with E-state index in [-0.39, 0.29) is 11.1 Å². The first-order chi connectivity index (χ1) is 12.5. The second-order valence-electron chi connectivity index (χ2n) is 6.17. The molecule has 26 heavy (non-hydrogen) atoms. The van der Waals surface area contributed by atoms with Crippen LogP contribution in [0.4, 0.5) is 5.82 Å². The molecule has 0 saturated heterocycles. The smallest absolute Gasteiger partial charge is 0.253 e. The highest BCUT2D eigenvalue weighted by atomic mass is 16.1. The number of aromatic amines is 2. The average Bonchev–Trinajstić information content (AvgIpc) is 2.60. The van der Waals surface area contributed by atoms with Gasteiger partial charge in [0, 0.05) is 41.3 Å². The summed E-state index contributed by atoms with van der Waals surface area (Å²) in [5, 5.41) is 3.15. The molecule has 0 amide bonds. The van der Waals surface area contributed by atoms with Crippen LogP contribution in [0.25, 0.3) is 11.4 Å². The number of hydrogen-bond acceptors (Lipinski definition) is 5. The van der Waals surface area contributed by atoms with E-state index in [0.29, 0.717) is 30.2 Å². The van der Waals surface area contributed by atoms with Crippen molar-refractivity contribution in [2.24, 2.45) is 0 Å². The lowest BCUT2D eigenvalue weighted by Gasteiger charge is -2.09. The molecule has 0 saturated carbocycles. The monoisotopic (exact) mass is 351 g/mol. The van der Waals surface area contributed by atoms with E-state index in [9.17, 15) is 9.59 Å². The number of aryl methyl sites for hydroxylation is 3. The SMILES string of the molecule is CCc1cc(=O)[nH]c(-c2ccc(NCc3c(C)cc(C)[nH]c3=O)nc2)n1. The minimum absolute atomic E-state index is 0.0928. The number of nitrogens with zero attached hydrogens (tertiary/aromatic N) is 2. The Kier molecular flexibility index (Phi) is 4.97. The molecule has 134 valence electrons. The molecule has 7 nitrogen and oxygen atoms in total. The highest BCUT2D eigenvalue weighted by Crippen LogP contribution is 2.15. The van der Waals surface area contributed by atoms with Crippen LogP contribution < -0.4 is 16.4 Å². The van der Waals surface area contributed by atoms with Gasteiger partial charge >= 0.3 is 0 Å². The van der Waals surface area contributed by atoms with Gasteiger partial charge in [0.25, 0.3) is 11.1 Å². The number of H-pyrrole nitrogens is 2. The van der Waals surface area contributed by atoms with Gasteiger partial charge in [0.15, 0.2) is 0 Å². The molecule has 0 aromatic carbocycles. The highest BCUT2D eigenvalue weighted by molar-refractivity contribution is 5.56. The molecule has 3 N–H and O–H groups in total. The predicted octanol–water partition coefficient (Wildman–Crippen LogP) is 2.31. The summed E-state index contributed by atoms with van der Waals surface area (Å²) in [5.41, 5.74) is 3.66. The van der Waals surface area contributed by atoms with Gasteiger partial charge < -0.3 is 15.3 Å². The van der Waals surface area contributed by atoms with Gasteiger partial charge in [0.1, 0.15) is 11.6 Å². The Bertz CT molecular complexity index is 1040. The third kappa shape index (κ3) is 3.88. The quantitative estimate of drug-likeness (QED) is 0.654. The average molecular weight is 351 g/mol. The summed E-state index contributed by atoms with van der Waals surface area (Å²) in [5.74, 6) is 1.14. The molecule has 0 fully saturated rings. The summed E-state index contributed by atoms with van der Waals surface area (Å²) >= 11 is 0. The van der Waals surface area contributed by atoms with Gasteiger partial charge in [0.2, 0.25) is 0 Å². The molecule has 0 radical (unpaired) electrons. The summed E-state index contributed by atoms with van der Waals surface area (Å²) in [6.45, 7) is 6.11. The van der Waals surface area contributed by atoms with Crippen LogP contribution in [0, 0.1) is 13.8 Å². The first-order valence-electron chi connectivity index (χ1n) is 8.46. The minimum Gasteiger partial charge on any atom is -0.366 e. The van der Waals surface area contributed by atoms with Crippen LogP contribution in [0.15, 0.2) is 40.1 Å². The van der Waals surface area contributed by atoms with Crippen LogP contribution in [0.1, 0.15) is 29.4 Å². The van der Waals surface area contributed by atoms with Gasteiger partial charge in [-0.05, 0) is 44.0 Å². The molecule has 3 aromatic heterocycles.